The minimum absolute atomic E-state index is 0.0486. The van der Waals surface area contributed by atoms with Gasteiger partial charge in [0.25, 0.3) is 0 Å². The Bertz CT molecular complexity index is 1400. The van der Waals surface area contributed by atoms with Crippen molar-refractivity contribution in [1.82, 2.24) is 25.3 Å². The van der Waals surface area contributed by atoms with Gasteiger partial charge >= 0.3 is 6.09 Å². The number of hydrogen-bond donors (Lipinski definition) is 4. The largest absolute Gasteiger partial charge is 0.445 e. The number of imidazole rings is 2. The number of nitrogens with zero attached hydrogens (tertiary/aromatic N) is 2. The molecule has 194 valence electrons. The number of carbonyl (C=O) groups is 1. The van der Waals surface area contributed by atoms with Crippen molar-refractivity contribution >= 4 is 6.09 Å². The number of aromatic amines is 2. The number of rotatable bonds is 7. The second-order valence-electron chi connectivity index (χ2n) is 8.81. The molecule has 0 fully saturated rings. The number of carbonyl (C=O) groups excluding carboxylic acids is 1. The number of nitrogens with two attached hydrogens (primary N) is 1. The predicted octanol–water partition coefficient (Wildman–Crippen LogP) is 6.16. The first-order chi connectivity index (χ1) is 18.5. The fourth-order valence-corrected chi connectivity index (χ4v) is 3.66. The molecule has 2 heterocycles. The van der Waals surface area contributed by atoms with Crippen LogP contribution in [0.4, 0.5) is 4.79 Å². The molecule has 8 nitrogen and oxygen atoms in total. The maximum absolute atomic E-state index is 11.9. The second-order valence-corrected chi connectivity index (χ2v) is 8.81. The lowest BCUT2D eigenvalue weighted by Gasteiger charge is -2.12. The molecule has 2 unspecified atom stereocenters. The molecular formula is C30H32N6O2. The molecule has 0 aliphatic heterocycles. The van der Waals surface area contributed by atoms with Gasteiger partial charge in [0.15, 0.2) is 0 Å². The lowest BCUT2D eigenvalue weighted by atomic mass is 10.2. The number of amides is 1. The molecule has 2 aromatic heterocycles. The topological polar surface area (TPSA) is 122 Å². The Morgan fingerprint density at radius 1 is 0.789 bits per heavy atom. The van der Waals surface area contributed by atoms with Crippen LogP contribution in [0.1, 0.15) is 43.1 Å². The van der Waals surface area contributed by atoms with E-state index in [9.17, 15) is 4.79 Å². The van der Waals surface area contributed by atoms with Crippen LogP contribution >= 0.6 is 0 Å². The van der Waals surface area contributed by atoms with Gasteiger partial charge < -0.3 is 25.8 Å². The summed E-state index contributed by atoms with van der Waals surface area (Å²) in [7, 11) is 0. The standard InChI is InChI=1S/C19H19N3O2.C11H13N3/c1-14(21-19(23)24-13-15-8-4-2-5-9-15)18-20-12-17(22-18)16-10-6-3-7-11-16;1-8(12)11-13-7-10(14-11)9-5-3-2-4-6-9/h2-12,14H,13H2,1H3,(H,20,22)(H,21,23);2-8H,12H2,1H3,(H,13,14). The molecule has 2 atom stereocenters. The summed E-state index contributed by atoms with van der Waals surface area (Å²) in [6.45, 7) is 4.01. The number of hydrogen-bond acceptors (Lipinski definition) is 5. The van der Waals surface area contributed by atoms with E-state index in [2.05, 4.69) is 25.3 Å². The molecule has 0 aliphatic rings. The van der Waals surface area contributed by atoms with Gasteiger partial charge in [0.05, 0.1) is 35.9 Å². The van der Waals surface area contributed by atoms with Crippen LogP contribution in [0.15, 0.2) is 103 Å². The summed E-state index contributed by atoms with van der Waals surface area (Å²) >= 11 is 0. The molecule has 8 heteroatoms. The van der Waals surface area contributed by atoms with E-state index in [1.165, 1.54) is 0 Å². The van der Waals surface area contributed by atoms with E-state index in [0.717, 1.165) is 33.9 Å². The third-order valence-corrected chi connectivity index (χ3v) is 5.75. The lowest BCUT2D eigenvalue weighted by molar-refractivity contribution is 0.136. The highest BCUT2D eigenvalue weighted by Crippen LogP contribution is 2.19. The molecule has 0 bridgehead atoms. The normalized spacial score (nSPS) is 12.1. The summed E-state index contributed by atoms with van der Waals surface area (Å²) in [6, 6.07) is 29.2. The minimum Gasteiger partial charge on any atom is -0.445 e. The molecule has 38 heavy (non-hydrogen) atoms. The zero-order valence-electron chi connectivity index (χ0n) is 21.5. The third kappa shape index (κ3) is 7.41. The molecular weight excluding hydrogens is 476 g/mol. The fraction of sp³-hybridized carbons (Fsp3) is 0.167. The summed E-state index contributed by atoms with van der Waals surface area (Å²) in [6.07, 6.45) is 3.11. The summed E-state index contributed by atoms with van der Waals surface area (Å²) in [5.41, 5.74) is 10.8. The van der Waals surface area contributed by atoms with E-state index in [1.54, 1.807) is 6.20 Å². The first-order valence-electron chi connectivity index (χ1n) is 12.4. The second kappa shape index (κ2) is 13.0. The summed E-state index contributed by atoms with van der Waals surface area (Å²) in [4.78, 5) is 26.9. The Kier molecular flexibility index (Phi) is 9.04. The summed E-state index contributed by atoms with van der Waals surface area (Å²) < 4.78 is 5.22. The van der Waals surface area contributed by atoms with Crippen molar-refractivity contribution in [3.05, 3.63) is 121 Å². The Balaban J connectivity index is 0.000000204. The molecule has 5 N–H and O–H groups in total. The molecule has 0 spiro atoms. The van der Waals surface area contributed by atoms with Crippen molar-refractivity contribution in [3.8, 4) is 22.5 Å². The van der Waals surface area contributed by atoms with Gasteiger partial charge in [-0.15, -0.1) is 0 Å². The van der Waals surface area contributed by atoms with Gasteiger partial charge in [-0.1, -0.05) is 91.0 Å². The Morgan fingerprint density at radius 2 is 1.26 bits per heavy atom. The number of aromatic nitrogens is 4. The maximum Gasteiger partial charge on any atom is 0.408 e. The molecule has 5 rings (SSSR count). The summed E-state index contributed by atoms with van der Waals surface area (Å²) in [5, 5.41) is 2.78. The van der Waals surface area contributed by atoms with Gasteiger partial charge in [-0.3, -0.25) is 0 Å². The van der Waals surface area contributed by atoms with E-state index in [0.29, 0.717) is 5.82 Å². The number of ether oxygens (including phenoxy) is 1. The molecule has 1 amide bonds. The molecule has 5 aromatic rings. The van der Waals surface area contributed by atoms with E-state index in [1.807, 2.05) is 111 Å². The number of alkyl carbamates (subject to hydrolysis) is 1. The van der Waals surface area contributed by atoms with E-state index in [-0.39, 0.29) is 18.7 Å². The number of nitrogens with one attached hydrogen (secondary N) is 3. The first kappa shape index (κ1) is 26.4. The first-order valence-corrected chi connectivity index (χ1v) is 12.4. The number of H-pyrrole nitrogens is 2. The Hall–Kier alpha value is -4.69. The molecule has 0 saturated heterocycles. The quantitative estimate of drug-likeness (QED) is 0.210. The predicted molar refractivity (Wildman–Crippen MR) is 149 cm³/mol. The van der Waals surface area contributed by atoms with Crippen LogP contribution in [0, 0.1) is 0 Å². The van der Waals surface area contributed by atoms with Crippen LogP contribution in [-0.4, -0.2) is 26.0 Å². The molecule has 0 aliphatic carbocycles. The van der Waals surface area contributed by atoms with Gasteiger partial charge in [-0.2, -0.15) is 0 Å². The van der Waals surface area contributed by atoms with Crippen molar-refractivity contribution in [3.63, 3.8) is 0 Å². The zero-order valence-corrected chi connectivity index (χ0v) is 21.5. The van der Waals surface area contributed by atoms with Crippen molar-refractivity contribution in [2.45, 2.75) is 32.5 Å². The van der Waals surface area contributed by atoms with Crippen molar-refractivity contribution in [2.24, 2.45) is 5.73 Å². The maximum atomic E-state index is 11.9. The highest BCUT2D eigenvalue weighted by atomic mass is 16.5. The molecule has 3 aromatic carbocycles. The Morgan fingerprint density at radius 3 is 1.76 bits per heavy atom. The van der Waals surface area contributed by atoms with E-state index < -0.39 is 6.09 Å². The zero-order chi connectivity index (χ0) is 26.7. The third-order valence-electron chi connectivity index (χ3n) is 5.75. The molecule has 0 radical (unpaired) electrons. The fourth-order valence-electron chi connectivity index (χ4n) is 3.66. The monoisotopic (exact) mass is 508 g/mol. The van der Waals surface area contributed by atoms with Gasteiger partial charge in [-0.05, 0) is 30.5 Å². The smallest absolute Gasteiger partial charge is 0.408 e. The lowest BCUT2D eigenvalue weighted by Crippen LogP contribution is -2.27. The minimum atomic E-state index is -0.469. The van der Waals surface area contributed by atoms with E-state index in [4.69, 9.17) is 10.5 Å². The Labute approximate surface area is 222 Å². The average molecular weight is 509 g/mol. The molecule has 0 saturated carbocycles. The van der Waals surface area contributed by atoms with Gasteiger partial charge in [0, 0.05) is 0 Å². The summed E-state index contributed by atoms with van der Waals surface area (Å²) in [5.74, 6) is 1.51. The van der Waals surface area contributed by atoms with Crippen LogP contribution in [0.25, 0.3) is 22.5 Å². The van der Waals surface area contributed by atoms with E-state index >= 15 is 0 Å². The van der Waals surface area contributed by atoms with Crippen LogP contribution in [0.3, 0.4) is 0 Å². The highest BCUT2D eigenvalue weighted by Gasteiger charge is 2.14. The van der Waals surface area contributed by atoms with Gasteiger partial charge in [-0.25, -0.2) is 14.8 Å². The number of benzene rings is 3. The van der Waals surface area contributed by atoms with Crippen molar-refractivity contribution < 1.29 is 9.53 Å². The van der Waals surface area contributed by atoms with Crippen LogP contribution in [0.2, 0.25) is 0 Å². The SMILES string of the molecule is CC(N)c1ncc(-c2ccccc2)[nH]1.CC(NC(=O)OCc1ccccc1)c1ncc(-c2ccccc2)[nH]1. The average Bonchev–Trinajstić information content (AvgIpc) is 3.65. The van der Waals surface area contributed by atoms with Gasteiger partial charge in [0.1, 0.15) is 18.3 Å². The van der Waals surface area contributed by atoms with Crippen LogP contribution in [0.5, 0.6) is 0 Å². The highest BCUT2D eigenvalue weighted by molar-refractivity contribution is 5.67. The van der Waals surface area contributed by atoms with Crippen LogP contribution < -0.4 is 11.1 Å². The van der Waals surface area contributed by atoms with Gasteiger partial charge in [0.2, 0.25) is 0 Å². The van der Waals surface area contributed by atoms with Crippen molar-refractivity contribution in [2.75, 3.05) is 0 Å². The van der Waals surface area contributed by atoms with Crippen molar-refractivity contribution in [1.29, 1.82) is 0 Å². The van der Waals surface area contributed by atoms with Crippen LogP contribution in [-0.2, 0) is 11.3 Å².